The van der Waals surface area contributed by atoms with E-state index in [1.54, 1.807) is 6.20 Å². The van der Waals surface area contributed by atoms with E-state index in [0.717, 1.165) is 18.0 Å². The van der Waals surface area contributed by atoms with Crippen LogP contribution in [0.25, 0.3) is 11.5 Å². The van der Waals surface area contributed by atoms with Crippen LogP contribution in [0.4, 0.5) is 0 Å². The Morgan fingerprint density at radius 2 is 2.28 bits per heavy atom. The molecule has 1 aliphatic rings. The summed E-state index contributed by atoms with van der Waals surface area (Å²) in [7, 11) is 1.99. The molecule has 2 aromatic rings. The maximum absolute atomic E-state index is 5.39. The molecular weight excluding hydrogens is 228 g/mol. The number of nitrogens with zero attached hydrogens (tertiary/aromatic N) is 3. The second-order valence-corrected chi connectivity index (χ2v) is 4.60. The summed E-state index contributed by atoms with van der Waals surface area (Å²) in [6.45, 7) is 0. The van der Waals surface area contributed by atoms with Crippen LogP contribution in [-0.4, -0.2) is 28.2 Å². The molecule has 1 saturated carbocycles. The minimum absolute atomic E-state index is 0.333. The molecule has 1 N–H and O–H groups in total. The van der Waals surface area contributed by atoms with Crippen molar-refractivity contribution in [1.29, 1.82) is 0 Å². The van der Waals surface area contributed by atoms with Crippen LogP contribution in [0, 0.1) is 0 Å². The molecule has 5 nitrogen and oxygen atoms in total. The lowest BCUT2D eigenvalue weighted by Gasteiger charge is -2.14. The molecule has 18 heavy (non-hydrogen) atoms. The van der Waals surface area contributed by atoms with Crippen molar-refractivity contribution in [3.05, 3.63) is 30.3 Å². The van der Waals surface area contributed by atoms with Gasteiger partial charge in [-0.25, -0.2) is 0 Å². The van der Waals surface area contributed by atoms with Gasteiger partial charge in [0.25, 0.3) is 0 Å². The van der Waals surface area contributed by atoms with Crippen molar-refractivity contribution < 1.29 is 4.52 Å². The lowest BCUT2D eigenvalue weighted by atomic mass is 10.0. The zero-order valence-corrected chi connectivity index (χ0v) is 10.3. The molecule has 0 amide bonds. The Hall–Kier alpha value is -1.75. The topological polar surface area (TPSA) is 63.8 Å². The van der Waals surface area contributed by atoms with Crippen molar-refractivity contribution >= 4 is 0 Å². The minimum Gasteiger partial charge on any atom is -0.339 e. The second-order valence-electron chi connectivity index (χ2n) is 4.60. The highest BCUT2D eigenvalue weighted by atomic mass is 16.5. The molecule has 0 bridgehead atoms. The fourth-order valence-electron chi connectivity index (χ4n) is 2.59. The summed E-state index contributed by atoms with van der Waals surface area (Å²) >= 11 is 0. The Kier molecular flexibility index (Phi) is 3.06. The molecule has 2 heterocycles. The Morgan fingerprint density at radius 3 is 3.06 bits per heavy atom. The van der Waals surface area contributed by atoms with E-state index in [2.05, 4.69) is 20.4 Å². The first-order valence-corrected chi connectivity index (χ1v) is 6.31. The average molecular weight is 244 g/mol. The fourth-order valence-corrected chi connectivity index (χ4v) is 2.59. The van der Waals surface area contributed by atoms with Crippen LogP contribution in [0.2, 0.25) is 0 Å². The highest BCUT2D eigenvalue weighted by Gasteiger charge is 2.31. The van der Waals surface area contributed by atoms with Crippen molar-refractivity contribution in [2.24, 2.45) is 0 Å². The van der Waals surface area contributed by atoms with Crippen molar-refractivity contribution in [2.45, 2.75) is 31.2 Å². The summed E-state index contributed by atoms with van der Waals surface area (Å²) in [5.41, 5.74) is 0.756. The first-order chi connectivity index (χ1) is 8.88. The normalized spacial score (nSPS) is 23.4. The van der Waals surface area contributed by atoms with Crippen molar-refractivity contribution in [2.75, 3.05) is 7.05 Å². The number of aromatic nitrogens is 3. The summed E-state index contributed by atoms with van der Waals surface area (Å²) in [6, 6.07) is 6.13. The van der Waals surface area contributed by atoms with Crippen LogP contribution in [0.3, 0.4) is 0 Å². The van der Waals surface area contributed by atoms with E-state index in [0.29, 0.717) is 17.8 Å². The number of rotatable bonds is 3. The summed E-state index contributed by atoms with van der Waals surface area (Å²) in [6.07, 6.45) is 5.21. The molecule has 5 heteroatoms. The maximum atomic E-state index is 5.39. The Balaban J connectivity index is 1.86. The van der Waals surface area contributed by atoms with Crippen molar-refractivity contribution in [3.8, 4) is 11.5 Å². The molecule has 94 valence electrons. The van der Waals surface area contributed by atoms with E-state index < -0.39 is 0 Å². The van der Waals surface area contributed by atoms with Crippen molar-refractivity contribution in [3.63, 3.8) is 0 Å². The first kappa shape index (κ1) is 11.3. The first-order valence-electron chi connectivity index (χ1n) is 6.31. The molecule has 2 unspecified atom stereocenters. The molecule has 0 radical (unpaired) electrons. The van der Waals surface area contributed by atoms with Gasteiger partial charge in [0.1, 0.15) is 5.69 Å². The van der Waals surface area contributed by atoms with Crippen LogP contribution >= 0.6 is 0 Å². The van der Waals surface area contributed by atoms with E-state index in [1.807, 2.05) is 25.2 Å². The lowest BCUT2D eigenvalue weighted by Crippen LogP contribution is -2.27. The van der Waals surface area contributed by atoms with Crippen LogP contribution in [-0.2, 0) is 0 Å². The van der Waals surface area contributed by atoms with Crippen LogP contribution < -0.4 is 5.32 Å². The predicted molar refractivity (Wildman–Crippen MR) is 67.0 cm³/mol. The quantitative estimate of drug-likeness (QED) is 0.894. The molecule has 1 fully saturated rings. The van der Waals surface area contributed by atoms with Crippen molar-refractivity contribution in [1.82, 2.24) is 20.4 Å². The summed E-state index contributed by atoms with van der Waals surface area (Å²) < 4.78 is 5.39. The third kappa shape index (κ3) is 2.01. The van der Waals surface area contributed by atoms with E-state index in [1.165, 1.54) is 12.8 Å². The third-order valence-electron chi connectivity index (χ3n) is 3.54. The molecule has 3 rings (SSSR count). The van der Waals surface area contributed by atoms with Gasteiger partial charge in [-0.3, -0.25) is 4.98 Å². The SMILES string of the molecule is CNC1CCCC1c1nc(-c2ccccn2)no1. The highest BCUT2D eigenvalue weighted by Crippen LogP contribution is 2.34. The van der Waals surface area contributed by atoms with Gasteiger partial charge in [-0.1, -0.05) is 17.6 Å². The van der Waals surface area contributed by atoms with Gasteiger partial charge in [-0.15, -0.1) is 0 Å². The van der Waals surface area contributed by atoms with Crippen LogP contribution in [0.15, 0.2) is 28.9 Å². The van der Waals surface area contributed by atoms with Gasteiger partial charge in [-0.05, 0) is 32.0 Å². The molecule has 0 saturated heterocycles. The number of nitrogens with one attached hydrogen (secondary N) is 1. The van der Waals surface area contributed by atoms with Gasteiger partial charge < -0.3 is 9.84 Å². The number of hydrogen-bond donors (Lipinski definition) is 1. The molecule has 0 aromatic carbocycles. The number of likely N-dealkylation sites (N-methyl/N-ethyl adjacent to an activating group) is 1. The maximum Gasteiger partial charge on any atom is 0.231 e. The van der Waals surface area contributed by atoms with Gasteiger partial charge in [0.15, 0.2) is 0 Å². The van der Waals surface area contributed by atoms with Gasteiger partial charge >= 0.3 is 0 Å². The third-order valence-corrected chi connectivity index (χ3v) is 3.54. The Bertz CT molecular complexity index is 511. The predicted octanol–water partition coefficient (Wildman–Crippen LogP) is 1.99. The standard InChI is InChI=1S/C13H16N4O/c1-14-10-7-4-5-9(10)13-16-12(17-18-13)11-6-2-3-8-15-11/h2-3,6,8-10,14H,4-5,7H2,1H3. The molecule has 0 spiro atoms. The van der Waals surface area contributed by atoms with E-state index in [4.69, 9.17) is 4.52 Å². The zero-order chi connectivity index (χ0) is 12.4. The van der Waals surface area contributed by atoms with Gasteiger partial charge in [0.2, 0.25) is 11.7 Å². The smallest absolute Gasteiger partial charge is 0.231 e. The monoisotopic (exact) mass is 244 g/mol. The summed E-state index contributed by atoms with van der Waals surface area (Å²) in [4.78, 5) is 8.71. The highest BCUT2D eigenvalue weighted by molar-refractivity contribution is 5.47. The molecular formula is C13H16N4O. The van der Waals surface area contributed by atoms with Gasteiger partial charge in [0, 0.05) is 12.2 Å². The molecule has 1 aliphatic carbocycles. The van der Waals surface area contributed by atoms with Crippen LogP contribution in [0.1, 0.15) is 31.1 Å². The fraction of sp³-hybridized carbons (Fsp3) is 0.462. The molecule has 0 aliphatic heterocycles. The van der Waals surface area contributed by atoms with Gasteiger partial charge in [-0.2, -0.15) is 4.98 Å². The second kappa shape index (κ2) is 4.86. The van der Waals surface area contributed by atoms with E-state index in [-0.39, 0.29) is 0 Å². The Morgan fingerprint density at radius 1 is 1.33 bits per heavy atom. The van der Waals surface area contributed by atoms with E-state index >= 15 is 0 Å². The van der Waals surface area contributed by atoms with E-state index in [9.17, 15) is 0 Å². The average Bonchev–Trinajstić information content (AvgIpc) is 3.08. The van der Waals surface area contributed by atoms with Crippen LogP contribution in [0.5, 0.6) is 0 Å². The minimum atomic E-state index is 0.333. The largest absolute Gasteiger partial charge is 0.339 e. The van der Waals surface area contributed by atoms with Gasteiger partial charge in [0.05, 0.1) is 5.92 Å². The number of pyridine rings is 1. The zero-order valence-electron chi connectivity index (χ0n) is 10.3. The summed E-state index contributed by atoms with van der Waals surface area (Å²) in [5, 5.41) is 7.34. The lowest BCUT2D eigenvalue weighted by molar-refractivity contribution is 0.335. The number of hydrogen-bond acceptors (Lipinski definition) is 5. The molecule has 2 atom stereocenters. The Labute approximate surface area is 106 Å². The molecule has 2 aromatic heterocycles. The summed E-state index contributed by atoms with van der Waals surface area (Å²) in [5.74, 6) is 1.64.